The zero-order valence-electron chi connectivity index (χ0n) is 39.6. The van der Waals surface area contributed by atoms with Gasteiger partial charge in [-0.15, -0.1) is 0 Å². The van der Waals surface area contributed by atoms with Crippen molar-refractivity contribution >= 4 is 42.9 Å². The monoisotopic (exact) mass is 882 g/mol. The van der Waals surface area contributed by atoms with Crippen molar-refractivity contribution in [2.45, 2.75) is 124 Å². The third-order valence-electron chi connectivity index (χ3n) is 12.3. The van der Waals surface area contributed by atoms with Crippen LogP contribution in [0.25, 0.3) is 10.9 Å². The minimum atomic E-state index is -2.11. The molecule has 63 heavy (non-hydrogen) atoms. The summed E-state index contributed by atoms with van der Waals surface area (Å²) in [5.74, 6) is -0.491. The van der Waals surface area contributed by atoms with E-state index in [1.165, 1.54) is 12.0 Å². The number of hydrogen-bond acceptors (Lipinski definition) is 8. The van der Waals surface area contributed by atoms with E-state index in [2.05, 4.69) is 62.5 Å². The fourth-order valence-corrected chi connectivity index (χ4v) is 8.14. The summed E-state index contributed by atoms with van der Waals surface area (Å²) in [5, 5.41) is 6.89. The predicted octanol–water partition coefficient (Wildman–Crippen LogP) is 9.07. The van der Waals surface area contributed by atoms with Crippen molar-refractivity contribution in [3.8, 4) is 11.5 Å². The van der Waals surface area contributed by atoms with Crippen LogP contribution in [0.3, 0.4) is 0 Å². The smallest absolute Gasteiger partial charge is 0.307 e. The van der Waals surface area contributed by atoms with Crippen LogP contribution in [0.5, 0.6) is 11.5 Å². The van der Waals surface area contributed by atoms with Crippen LogP contribution in [0.1, 0.15) is 91.0 Å². The first-order chi connectivity index (χ1) is 29.6. The van der Waals surface area contributed by atoms with Gasteiger partial charge in [0.1, 0.15) is 23.6 Å². The maximum absolute atomic E-state index is 14.5. The van der Waals surface area contributed by atoms with Gasteiger partial charge < -0.3 is 39.2 Å². The summed E-state index contributed by atoms with van der Waals surface area (Å²) in [4.78, 5) is 59.6. The molecule has 3 aromatic carbocycles. The second kappa shape index (κ2) is 22.3. The first-order valence-electron chi connectivity index (χ1n) is 21.8. The third-order valence-corrected chi connectivity index (χ3v) is 16.7. The van der Waals surface area contributed by atoms with E-state index in [9.17, 15) is 19.2 Å². The van der Waals surface area contributed by atoms with Crippen molar-refractivity contribution in [3.05, 3.63) is 107 Å². The number of allylic oxidation sites excluding steroid dienone is 1. The highest BCUT2D eigenvalue weighted by molar-refractivity contribution is 6.74. The van der Waals surface area contributed by atoms with Gasteiger partial charge >= 0.3 is 5.97 Å². The molecule has 0 bridgehead atoms. The summed E-state index contributed by atoms with van der Waals surface area (Å²) in [6.07, 6.45) is 4.45. The molecule has 0 unspecified atom stereocenters. The molecular formula is C50H70N4O8Si. The number of rotatable bonds is 21. The number of H-pyrrole nitrogens is 1. The molecule has 1 heterocycles. The number of carbonyl (C=O) groups is 4. The Balaban J connectivity index is 1.48. The van der Waals surface area contributed by atoms with Gasteiger partial charge in [-0.25, -0.2) is 0 Å². The zero-order valence-corrected chi connectivity index (χ0v) is 40.6. The Labute approximate surface area is 375 Å². The highest BCUT2D eigenvalue weighted by Crippen LogP contribution is 2.37. The lowest BCUT2D eigenvalue weighted by atomic mass is 9.96. The third kappa shape index (κ3) is 14.0. The molecule has 0 spiro atoms. The van der Waals surface area contributed by atoms with Gasteiger partial charge in [0.05, 0.1) is 39.4 Å². The quantitative estimate of drug-likeness (QED) is 0.0427. The number of esters is 1. The fourth-order valence-electron chi connectivity index (χ4n) is 7.11. The molecule has 1 aromatic heterocycles. The maximum atomic E-state index is 14.5. The summed E-state index contributed by atoms with van der Waals surface area (Å²) >= 11 is 0. The zero-order chi connectivity index (χ0) is 46.6. The van der Waals surface area contributed by atoms with E-state index in [-0.39, 0.29) is 35.8 Å². The number of hydrogen-bond donors (Lipinski definition) is 3. The van der Waals surface area contributed by atoms with Gasteiger partial charge in [-0.2, -0.15) is 0 Å². The Bertz CT molecular complexity index is 2180. The molecule has 342 valence electrons. The number of methoxy groups -OCH3 is 2. The van der Waals surface area contributed by atoms with Crippen LogP contribution in [0, 0.1) is 11.8 Å². The molecule has 0 saturated heterocycles. The molecule has 0 saturated carbocycles. The first kappa shape index (κ1) is 50.2. The number of nitrogens with zero attached hydrogens (tertiary/aromatic N) is 1. The van der Waals surface area contributed by atoms with Crippen LogP contribution in [-0.4, -0.2) is 81.3 Å². The van der Waals surface area contributed by atoms with E-state index in [4.69, 9.17) is 18.6 Å². The summed E-state index contributed by atoms with van der Waals surface area (Å²) in [6.45, 7) is 20.9. The number of likely N-dealkylation sites (N-methyl/N-ethyl adjacent to an activating group) is 1. The molecule has 3 N–H and O–H groups in total. The maximum Gasteiger partial charge on any atom is 0.307 e. The predicted molar refractivity (Wildman–Crippen MR) is 252 cm³/mol. The number of fused-ring (bicyclic) bond motifs is 1. The Morgan fingerprint density at radius 1 is 0.841 bits per heavy atom. The van der Waals surface area contributed by atoms with Crippen molar-refractivity contribution in [1.29, 1.82) is 0 Å². The van der Waals surface area contributed by atoms with Crippen LogP contribution in [0.2, 0.25) is 18.1 Å². The van der Waals surface area contributed by atoms with Gasteiger partial charge in [-0.3, -0.25) is 19.2 Å². The lowest BCUT2D eigenvalue weighted by Gasteiger charge is -2.36. The van der Waals surface area contributed by atoms with E-state index < -0.39 is 50.1 Å². The molecule has 3 amide bonds. The minimum absolute atomic E-state index is 0.00109. The fraction of sp³-hybridized carbons (Fsp3) is 0.480. The molecule has 0 radical (unpaired) electrons. The number of ether oxygens (including phenoxy) is 3. The topological polar surface area (TPSA) is 148 Å². The molecule has 4 aromatic rings. The molecule has 0 fully saturated rings. The summed E-state index contributed by atoms with van der Waals surface area (Å²) in [7, 11) is 2.40. The van der Waals surface area contributed by atoms with Gasteiger partial charge in [0.25, 0.3) is 0 Å². The van der Waals surface area contributed by atoms with E-state index in [0.29, 0.717) is 24.3 Å². The van der Waals surface area contributed by atoms with E-state index in [1.807, 2.05) is 99.8 Å². The highest BCUT2D eigenvalue weighted by atomic mass is 28.4. The molecule has 4 rings (SSSR count). The van der Waals surface area contributed by atoms with Gasteiger partial charge in [0.2, 0.25) is 26.0 Å². The van der Waals surface area contributed by atoms with Crippen LogP contribution in [0.4, 0.5) is 0 Å². The molecule has 0 aliphatic carbocycles. The van der Waals surface area contributed by atoms with Crippen molar-refractivity contribution in [2.24, 2.45) is 11.8 Å². The van der Waals surface area contributed by atoms with Gasteiger partial charge in [-0.1, -0.05) is 88.7 Å². The second-order valence-corrected chi connectivity index (χ2v) is 23.1. The molecule has 6 atom stereocenters. The van der Waals surface area contributed by atoms with Crippen LogP contribution >= 0.6 is 0 Å². The number of nitrogens with one attached hydrogen (secondary N) is 3. The van der Waals surface area contributed by atoms with Gasteiger partial charge in [0.15, 0.2) is 0 Å². The largest absolute Gasteiger partial charge is 0.544 e. The Hall–Kier alpha value is -5.40. The number of benzene rings is 3. The minimum Gasteiger partial charge on any atom is -0.544 e. The number of amides is 3. The van der Waals surface area contributed by atoms with E-state index >= 15 is 0 Å². The summed E-state index contributed by atoms with van der Waals surface area (Å²) in [6, 6.07) is 20.2. The average molecular weight is 883 g/mol. The van der Waals surface area contributed by atoms with Crippen LogP contribution in [-0.2, 0) is 41.7 Å². The lowest BCUT2D eigenvalue weighted by Crippen LogP contribution is -2.55. The number of aromatic amines is 1. The molecule has 13 heteroatoms. The van der Waals surface area contributed by atoms with Crippen molar-refractivity contribution in [3.63, 3.8) is 0 Å². The molecule has 12 nitrogen and oxygen atoms in total. The van der Waals surface area contributed by atoms with Crippen molar-refractivity contribution in [1.82, 2.24) is 20.5 Å². The Kier molecular flexibility index (Phi) is 17.8. The molecular weight excluding hydrogens is 813 g/mol. The number of aromatic nitrogens is 1. The van der Waals surface area contributed by atoms with E-state index in [1.54, 1.807) is 21.1 Å². The van der Waals surface area contributed by atoms with Crippen LogP contribution < -0.4 is 19.8 Å². The molecule has 0 aliphatic heterocycles. The average Bonchev–Trinajstić information content (AvgIpc) is 3.66. The SMILES string of the molecule is COC(=O)C[C@@H](NC(=O)[C@@H](Cc1c[nH]c2ccccc12)N(C)C(=O)[C@H](C)NC(=O)[C@@H](C)C/C(C)=C/[C@H](C)[C@@H](C)OCc1ccc(OC)cc1)c1ccc(O[Si](C)(C)C(C)(C)C)cc1. The molecule has 0 aliphatic rings. The first-order valence-corrected chi connectivity index (χ1v) is 24.7. The summed E-state index contributed by atoms with van der Waals surface area (Å²) < 4.78 is 22.9. The van der Waals surface area contributed by atoms with Crippen LogP contribution in [0.15, 0.2) is 90.6 Å². The number of para-hydroxylation sites is 1. The van der Waals surface area contributed by atoms with Crippen molar-refractivity contribution < 1.29 is 37.8 Å². The second-order valence-electron chi connectivity index (χ2n) is 18.4. The van der Waals surface area contributed by atoms with Crippen molar-refractivity contribution in [2.75, 3.05) is 21.3 Å². The van der Waals surface area contributed by atoms with Gasteiger partial charge in [0, 0.05) is 42.4 Å². The number of carbonyl (C=O) groups excluding carboxylic acids is 4. The van der Waals surface area contributed by atoms with Gasteiger partial charge in [-0.05, 0) is 92.3 Å². The normalized spacial score (nSPS) is 15.0. The standard InChI is InChI=1S/C50H70N4O8Si/c1-32(26-33(2)36(5)61-31-37-18-22-40(59-10)23-19-37)27-34(3)47(56)52-35(4)49(58)54(9)45(28-39-30-51-43-17-15-14-16-42(39)43)48(57)53-44(29-46(55)60-11)38-20-24-41(25-21-38)62-63(12,13)50(6,7)8/h14-26,30,33-36,44-45,51H,27-29,31H2,1-13H3,(H,52,56)(H,53,57)/b32-26+/t33-,34-,35-,36+,44+,45+/m0/s1. The highest BCUT2D eigenvalue weighted by Gasteiger charge is 2.39. The summed E-state index contributed by atoms with van der Waals surface area (Å²) in [5.41, 5.74) is 4.50. The lowest BCUT2D eigenvalue weighted by molar-refractivity contribution is -0.143. The Morgan fingerprint density at radius 3 is 2.10 bits per heavy atom. The van der Waals surface area contributed by atoms with E-state index in [0.717, 1.165) is 33.4 Å². The Morgan fingerprint density at radius 2 is 1.48 bits per heavy atom.